The van der Waals surface area contributed by atoms with Crippen LogP contribution in [0.15, 0.2) is 84.9 Å². The molecular weight excluding hydrogens is 380 g/mol. The lowest BCUT2D eigenvalue weighted by atomic mass is 9.99. The first-order valence-electron chi connectivity index (χ1n) is 11.4. The van der Waals surface area contributed by atoms with Gasteiger partial charge in [-0.2, -0.15) is 0 Å². The van der Waals surface area contributed by atoms with Gasteiger partial charge in [0.2, 0.25) is 0 Å². The molecule has 0 unspecified atom stereocenters. The molecule has 1 atom stereocenters. The zero-order valence-corrected chi connectivity index (χ0v) is 18.4. The minimum Gasteiger partial charge on any atom is -0.330 e. The second kappa shape index (κ2) is 10.4. The summed E-state index contributed by atoms with van der Waals surface area (Å²) in [7, 11) is 0. The van der Waals surface area contributed by atoms with Crippen LogP contribution >= 0.6 is 0 Å². The zero-order chi connectivity index (χ0) is 21.5. The van der Waals surface area contributed by atoms with Gasteiger partial charge in [-0.3, -0.25) is 9.69 Å². The Morgan fingerprint density at radius 3 is 1.97 bits per heavy atom. The Hall–Kier alpha value is -2.91. The Labute approximate surface area is 186 Å². The third kappa shape index (κ3) is 6.05. The number of piperidine rings is 1. The first-order valence-corrected chi connectivity index (χ1v) is 11.4. The first-order chi connectivity index (χ1) is 15.2. The van der Waals surface area contributed by atoms with Gasteiger partial charge in [0.25, 0.3) is 5.91 Å². The average Bonchev–Trinajstić information content (AvgIpc) is 2.80. The molecule has 0 saturated carbocycles. The van der Waals surface area contributed by atoms with Gasteiger partial charge >= 0.3 is 0 Å². The number of carbonyl (C=O) groups is 1. The summed E-state index contributed by atoms with van der Waals surface area (Å²) in [5.74, 6) is 0.852. The molecule has 3 nitrogen and oxygen atoms in total. The molecule has 0 radical (unpaired) electrons. The highest BCUT2D eigenvalue weighted by molar-refractivity contribution is 5.94. The van der Waals surface area contributed by atoms with Crippen molar-refractivity contribution in [1.82, 2.24) is 9.80 Å². The Morgan fingerprint density at radius 1 is 0.839 bits per heavy atom. The molecule has 1 heterocycles. The van der Waals surface area contributed by atoms with E-state index >= 15 is 0 Å². The van der Waals surface area contributed by atoms with Crippen molar-refractivity contribution in [2.75, 3.05) is 13.1 Å². The largest absolute Gasteiger partial charge is 0.330 e. The normalized spacial score (nSPS) is 16.7. The number of hydrogen-bond acceptors (Lipinski definition) is 2. The fourth-order valence-corrected chi connectivity index (χ4v) is 4.43. The van der Waals surface area contributed by atoms with Crippen LogP contribution < -0.4 is 0 Å². The van der Waals surface area contributed by atoms with Crippen LogP contribution in [-0.2, 0) is 19.6 Å². The molecule has 31 heavy (non-hydrogen) atoms. The third-order valence-electron chi connectivity index (χ3n) is 6.07. The van der Waals surface area contributed by atoms with E-state index in [2.05, 4.69) is 48.2 Å². The highest BCUT2D eigenvalue weighted by atomic mass is 16.2. The maximum atomic E-state index is 13.4. The van der Waals surface area contributed by atoms with Gasteiger partial charge in [0.05, 0.1) is 0 Å². The molecule has 0 aliphatic carbocycles. The summed E-state index contributed by atoms with van der Waals surface area (Å²) >= 11 is 0. The van der Waals surface area contributed by atoms with Crippen LogP contribution in [0.5, 0.6) is 0 Å². The molecular formula is C28H32N2O. The number of amides is 1. The number of nitrogens with zero attached hydrogens (tertiary/aromatic N) is 2. The minimum absolute atomic E-state index is 0.0749. The maximum absolute atomic E-state index is 13.4. The monoisotopic (exact) mass is 412 g/mol. The van der Waals surface area contributed by atoms with Crippen molar-refractivity contribution in [3.8, 4) is 0 Å². The van der Waals surface area contributed by atoms with Gasteiger partial charge in [-0.05, 0) is 54.1 Å². The Balaban J connectivity index is 1.47. The van der Waals surface area contributed by atoms with Crippen molar-refractivity contribution in [3.05, 3.63) is 107 Å². The fourth-order valence-electron chi connectivity index (χ4n) is 4.43. The molecule has 1 amide bonds. The Bertz CT molecular complexity index is 912. The van der Waals surface area contributed by atoms with Crippen molar-refractivity contribution >= 4 is 5.91 Å². The van der Waals surface area contributed by atoms with E-state index in [1.54, 1.807) is 0 Å². The van der Waals surface area contributed by atoms with Crippen LogP contribution in [-0.4, -0.2) is 28.8 Å². The van der Waals surface area contributed by atoms with Crippen LogP contribution in [0.3, 0.4) is 0 Å². The SMILES string of the molecule is C[C@H]1CCCN(Cc2ccc(C(=O)N(Cc3ccccc3)Cc3ccccc3)cc2)C1. The van der Waals surface area contributed by atoms with Gasteiger partial charge in [-0.1, -0.05) is 79.7 Å². The van der Waals surface area contributed by atoms with Crippen molar-refractivity contribution in [2.45, 2.75) is 39.4 Å². The van der Waals surface area contributed by atoms with Gasteiger partial charge in [-0.15, -0.1) is 0 Å². The molecule has 1 fully saturated rings. The van der Waals surface area contributed by atoms with Crippen molar-refractivity contribution in [2.24, 2.45) is 5.92 Å². The van der Waals surface area contributed by atoms with Gasteiger partial charge in [0.1, 0.15) is 0 Å². The first kappa shape index (κ1) is 21.3. The molecule has 0 spiro atoms. The van der Waals surface area contributed by atoms with E-state index in [-0.39, 0.29) is 5.91 Å². The standard InChI is InChI=1S/C28H32N2O/c1-23-9-8-18-29(19-23)20-26-14-16-27(17-15-26)28(31)30(21-24-10-4-2-5-11-24)22-25-12-6-3-7-13-25/h2-7,10-17,23H,8-9,18-22H2,1H3/t23-/m0/s1. The summed E-state index contributed by atoms with van der Waals surface area (Å²) < 4.78 is 0. The van der Waals surface area contributed by atoms with Crippen LogP contribution in [0.25, 0.3) is 0 Å². The fraction of sp³-hybridized carbons (Fsp3) is 0.321. The molecule has 3 aromatic rings. The highest BCUT2D eigenvalue weighted by Gasteiger charge is 2.18. The summed E-state index contributed by atoms with van der Waals surface area (Å²) in [6, 6.07) is 28.7. The van der Waals surface area contributed by atoms with E-state index < -0.39 is 0 Å². The smallest absolute Gasteiger partial charge is 0.254 e. The molecule has 0 aromatic heterocycles. The lowest BCUT2D eigenvalue weighted by molar-refractivity contribution is 0.0730. The third-order valence-corrected chi connectivity index (χ3v) is 6.07. The van der Waals surface area contributed by atoms with Crippen LogP contribution in [0, 0.1) is 5.92 Å². The van der Waals surface area contributed by atoms with E-state index in [4.69, 9.17) is 0 Å². The van der Waals surface area contributed by atoms with E-state index in [1.807, 2.05) is 53.4 Å². The molecule has 160 valence electrons. The maximum Gasteiger partial charge on any atom is 0.254 e. The molecule has 0 N–H and O–H groups in total. The van der Waals surface area contributed by atoms with E-state index in [0.29, 0.717) is 13.1 Å². The summed E-state index contributed by atoms with van der Waals surface area (Å²) in [6.07, 6.45) is 2.62. The Morgan fingerprint density at radius 2 is 1.42 bits per heavy atom. The van der Waals surface area contributed by atoms with Crippen molar-refractivity contribution in [3.63, 3.8) is 0 Å². The van der Waals surface area contributed by atoms with Gasteiger partial charge in [0, 0.05) is 31.7 Å². The lowest BCUT2D eigenvalue weighted by Crippen LogP contribution is -2.33. The second-order valence-electron chi connectivity index (χ2n) is 8.81. The predicted octanol–water partition coefficient (Wildman–Crippen LogP) is 5.76. The number of carbonyl (C=O) groups excluding carboxylic acids is 1. The van der Waals surface area contributed by atoms with Crippen LogP contribution in [0.2, 0.25) is 0 Å². The van der Waals surface area contributed by atoms with E-state index in [1.165, 1.54) is 31.5 Å². The molecule has 1 saturated heterocycles. The molecule has 0 bridgehead atoms. The number of rotatable bonds is 7. The summed E-state index contributed by atoms with van der Waals surface area (Å²) in [5.41, 5.74) is 4.32. The molecule has 1 aliphatic rings. The van der Waals surface area contributed by atoms with Crippen LogP contribution in [0.4, 0.5) is 0 Å². The van der Waals surface area contributed by atoms with Gasteiger partial charge in [-0.25, -0.2) is 0 Å². The number of benzene rings is 3. The summed E-state index contributed by atoms with van der Waals surface area (Å²) in [4.78, 5) is 17.9. The van der Waals surface area contributed by atoms with Crippen molar-refractivity contribution < 1.29 is 4.79 Å². The average molecular weight is 413 g/mol. The van der Waals surface area contributed by atoms with Crippen LogP contribution in [0.1, 0.15) is 46.8 Å². The zero-order valence-electron chi connectivity index (χ0n) is 18.4. The highest BCUT2D eigenvalue weighted by Crippen LogP contribution is 2.19. The van der Waals surface area contributed by atoms with Gasteiger partial charge in [0.15, 0.2) is 0 Å². The molecule has 1 aliphatic heterocycles. The number of likely N-dealkylation sites (tertiary alicyclic amines) is 1. The molecule has 3 heteroatoms. The van der Waals surface area contributed by atoms with E-state index in [9.17, 15) is 4.79 Å². The lowest BCUT2D eigenvalue weighted by Gasteiger charge is -2.30. The molecule has 4 rings (SSSR count). The quantitative estimate of drug-likeness (QED) is 0.492. The summed E-state index contributed by atoms with van der Waals surface area (Å²) in [6.45, 7) is 6.85. The number of hydrogen-bond donors (Lipinski definition) is 0. The van der Waals surface area contributed by atoms with Gasteiger partial charge < -0.3 is 4.90 Å². The predicted molar refractivity (Wildman–Crippen MR) is 127 cm³/mol. The second-order valence-corrected chi connectivity index (χ2v) is 8.81. The topological polar surface area (TPSA) is 23.6 Å². The summed E-state index contributed by atoms with van der Waals surface area (Å²) in [5, 5.41) is 0. The van der Waals surface area contributed by atoms with Crippen molar-refractivity contribution in [1.29, 1.82) is 0 Å². The minimum atomic E-state index is 0.0749. The molecule has 3 aromatic carbocycles. The Kier molecular flexibility index (Phi) is 7.16. The van der Waals surface area contributed by atoms with E-state index in [0.717, 1.165) is 29.2 Å².